The molecule has 1 heterocycles. The Hall–Kier alpha value is -1.57. The van der Waals surface area contributed by atoms with Crippen molar-refractivity contribution in [1.29, 1.82) is 0 Å². The molecule has 0 radical (unpaired) electrons. The lowest BCUT2D eigenvalue weighted by Crippen LogP contribution is -2.26. The Bertz CT molecular complexity index is 497. The van der Waals surface area contributed by atoms with Gasteiger partial charge in [0.2, 0.25) is 6.79 Å². The molecule has 2 atom stereocenters. The van der Waals surface area contributed by atoms with E-state index in [1.165, 1.54) is 12.1 Å². The van der Waals surface area contributed by atoms with Crippen molar-refractivity contribution >= 4 is 18.1 Å². The van der Waals surface area contributed by atoms with Crippen LogP contribution in [-0.4, -0.2) is 22.9 Å². The highest BCUT2D eigenvalue weighted by atomic mass is 35.5. The van der Waals surface area contributed by atoms with Gasteiger partial charge in [-0.2, -0.15) is 0 Å². The second kappa shape index (κ2) is 6.74. The number of halogens is 1. The Balaban J connectivity index is 0.00000200. The van der Waals surface area contributed by atoms with Crippen molar-refractivity contribution < 1.29 is 19.5 Å². The van der Waals surface area contributed by atoms with Crippen molar-refractivity contribution in [2.24, 2.45) is 5.73 Å². The van der Waals surface area contributed by atoms with Crippen molar-refractivity contribution in [3.05, 3.63) is 27.8 Å². The first-order valence-corrected chi connectivity index (χ1v) is 6.06. The van der Waals surface area contributed by atoms with Crippen molar-refractivity contribution in [3.8, 4) is 11.5 Å². The SMILES string of the molecule is CCC[C@@H](O)[C@@H](N)c1cc2c(cc1[N+](=O)[O-])OCO2.Cl. The van der Waals surface area contributed by atoms with Crippen LogP contribution in [0.4, 0.5) is 5.69 Å². The van der Waals surface area contributed by atoms with Crippen LogP contribution in [-0.2, 0) is 0 Å². The summed E-state index contributed by atoms with van der Waals surface area (Å²) in [5.41, 5.74) is 6.01. The van der Waals surface area contributed by atoms with Gasteiger partial charge in [0.25, 0.3) is 5.69 Å². The van der Waals surface area contributed by atoms with Gasteiger partial charge in [0.1, 0.15) is 0 Å². The molecule has 7 nitrogen and oxygen atoms in total. The van der Waals surface area contributed by atoms with Gasteiger partial charge in [-0.05, 0) is 12.5 Å². The van der Waals surface area contributed by atoms with Crippen LogP contribution in [0.3, 0.4) is 0 Å². The largest absolute Gasteiger partial charge is 0.454 e. The van der Waals surface area contributed by atoms with E-state index in [0.717, 1.165) is 6.42 Å². The van der Waals surface area contributed by atoms with Crippen LogP contribution >= 0.6 is 12.4 Å². The fraction of sp³-hybridized carbons (Fsp3) is 0.500. The maximum Gasteiger partial charge on any atom is 0.278 e. The fourth-order valence-corrected chi connectivity index (χ4v) is 2.05. The minimum Gasteiger partial charge on any atom is -0.454 e. The van der Waals surface area contributed by atoms with Crippen LogP contribution in [0.25, 0.3) is 0 Å². The van der Waals surface area contributed by atoms with Gasteiger partial charge >= 0.3 is 0 Å². The molecule has 112 valence electrons. The van der Waals surface area contributed by atoms with E-state index in [1.54, 1.807) is 0 Å². The van der Waals surface area contributed by atoms with Crippen LogP contribution in [0.15, 0.2) is 12.1 Å². The predicted molar refractivity (Wildman–Crippen MR) is 74.3 cm³/mol. The first-order chi connectivity index (χ1) is 9.04. The molecule has 1 aliphatic heterocycles. The number of aliphatic hydroxyl groups is 1. The Morgan fingerprint density at radius 3 is 2.60 bits per heavy atom. The summed E-state index contributed by atoms with van der Waals surface area (Å²) in [6.07, 6.45) is 0.393. The molecule has 1 aromatic rings. The number of aliphatic hydroxyl groups excluding tert-OH is 1. The fourth-order valence-electron chi connectivity index (χ4n) is 2.05. The van der Waals surface area contributed by atoms with Gasteiger partial charge in [0.15, 0.2) is 11.5 Å². The number of benzene rings is 1. The zero-order chi connectivity index (χ0) is 14.0. The molecule has 1 aliphatic rings. The van der Waals surface area contributed by atoms with Crippen molar-refractivity contribution in [2.45, 2.75) is 31.9 Å². The lowest BCUT2D eigenvalue weighted by atomic mass is 9.97. The minimum atomic E-state index is -0.830. The number of hydrogen-bond donors (Lipinski definition) is 2. The molecular weight excluding hydrogens is 288 g/mol. The summed E-state index contributed by atoms with van der Waals surface area (Å²) in [5, 5.41) is 21.0. The molecule has 0 saturated carbocycles. The molecule has 0 aliphatic carbocycles. The number of nitrogens with zero attached hydrogens (tertiary/aromatic N) is 1. The topological polar surface area (TPSA) is 108 Å². The molecule has 3 N–H and O–H groups in total. The van der Waals surface area contributed by atoms with Crippen molar-refractivity contribution in [3.63, 3.8) is 0 Å². The third-order valence-corrected chi connectivity index (χ3v) is 3.08. The molecule has 0 unspecified atom stereocenters. The van der Waals surface area contributed by atoms with Crippen molar-refractivity contribution in [2.75, 3.05) is 6.79 Å². The van der Waals surface area contributed by atoms with Crippen LogP contribution in [0.5, 0.6) is 11.5 Å². The second-order valence-electron chi connectivity index (χ2n) is 4.40. The average Bonchev–Trinajstić information content (AvgIpc) is 2.83. The summed E-state index contributed by atoms with van der Waals surface area (Å²) >= 11 is 0. The predicted octanol–water partition coefficient (Wildman–Crippen LogP) is 1.91. The number of nitro benzene ring substituents is 1. The van der Waals surface area contributed by atoms with Crippen LogP contribution in [0.1, 0.15) is 31.4 Å². The molecule has 0 amide bonds. The molecule has 8 heteroatoms. The second-order valence-corrected chi connectivity index (χ2v) is 4.40. The van der Waals surface area contributed by atoms with E-state index in [2.05, 4.69) is 0 Å². The van der Waals surface area contributed by atoms with Gasteiger partial charge in [-0.1, -0.05) is 13.3 Å². The van der Waals surface area contributed by atoms with Crippen molar-refractivity contribution in [1.82, 2.24) is 0 Å². The smallest absolute Gasteiger partial charge is 0.278 e. The molecular formula is C12H17ClN2O5. The average molecular weight is 305 g/mol. The first-order valence-electron chi connectivity index (χ1n) is 6.06. The summed E-state index contributed by atoms with van der Waals surface area (Å²) in [6.45, 7) is 1.94. The third-order valence-electron chi connectivity index (χ3n) is 3.08. The summed E-state index contributed by atoms with van der Waals surface area (Å²) in [4.78, 5) is 10.5. The molecule has 20 heavy (non-hydrogen) atoms. The van der Waals surface area contributed by atoms with Crippen LogP contribution in [0, 0.1) is 10.1 Å². The normalized spacial score (nSPS) is 15.3. The lowest BCUT2D eigenvalue weighted by molar-refractivity contribution is -0.385. The zero-order valence-electron chi connectivity index (χ0n) is 10.9. The summed E-state index contributed by atoms with van der Waals surface area (Å²) in [6, 6.07) is 1.94. The molecule has 0 saturated heterocycles. The van der Waals surface area contributed by atoms with Gasteiger partial charge in [0.05, 0.1) is 28.7 Å². The van der Waals surface area contributed by atoms with Gasteiger partial charge in [0, 0.05) is 0 Å². The van der Waals surface area contributed by atoms with Gasteiger partial charge in [-0.25, -0.2) is 0 Å². The zero-order valence-corrected chi connectivity index (χ0v) is 11.8. The molecule has 0 spiro atoms. The number of nitrogens with two attached hydrogens (primary N) is 1. The summed E-state index contributed by atoms with van der Waals surface area (Å²) in [5.74, 6) is 0.743. The van der Waals surface area contributed by atoms with Gasteiger partial charge in [-0.15, -0.1) is 12.4 Å². The monoisotopic (exact) mass is 304 g/mol. The van der Waals surface area contributed by atoms with E-state index >= 15 is 0 Å². The Kier molecular flexibility index (Phi) is 5.55. The Morgan fingerprint density at radius 2 is 2.05 bits per heavy atom. The Labute approximate surface area is 122 Å². The maximum atomic E-state index is 11.1. The molecule has 0 bridgehead atoms. The highest BCUT2D eigenvalue weighted by molar-refractivity contribution is 5.85. The summed E-state index contributed by atoms with van der Waals surface area (Å²) in [7, 11) is 0. The number of fused-ring (bicyclic) bond motifs is 1. The highest BCUT2D eigenvalue weighted by Crippen LogP contribution is 2.40. The molecule has 1 aromatic carbocycles. The van der Waals surface area contributed by atoms with Crippen LogP contribution < -0.4 is 15.2 Å². The molecule has 0 aromatic heterocycles. The standard InChI is InChI=1S/C12H16N2O5.ClH/c1-2-3-9(15)12(13)7-4-10-11(19-6-18-10)5-8(7)14(16)17;/h4-5,9,12,15H,2-3,6,13H2,1H3;1H/t9-,12+;/m1./s1. The number of rotatable bonds is 5. The minimum absolute atomic E-state index is 0. The van der Waals surface area contributed by atoms with E-state index in [0.29, 0.717) is 17.9 Å². The lowest BCUT2D eigenvalue weighted by Gasteiger charge is -2.18. The third kappa shape index (κ3) is 3.12. The number of nitro groups is 1. The molecule has 2 rings (SSSR count). The Morgan fingerprint density at radius 1 is 1.45 bits per heavy atom. The quantitative estimate of drug-likeness (QED) is 0.635. The first kappa shape index (κ1) is 16.5. The summed E-state index contributed by atoms with van der Waals surface area (Å²) < 4.78 is 10.3. The number of hydrogen-bond acceptors (Lipinski definition) is 6. The van der Waals surface area contributed by atoms with Gasteiger partial charge in [-0.3, -0.25) is 10.1 Å². The maximum absolute atomic E-state index is 11.1. The number of ether oxygens (including phenoxy) is 2. The van der Waals surface area contributed by atoms with E-state index in [-0.39, 0.29) is 30.5 Å². The van der Waals surface area contributed by atoms with E-state index < -0.39 is 17.1 Å². The van der Waals surface area contributed by atoms with Gasteiger partial charge < -0.3 is 20.3 Å². The van der Waals surface area contributed by atoms with E-state index in [1.807, 2.05) is 6.92 Å². The highest BCUT2D eigenvalue weighted by Gasteiger charge is 2.29. The van der Waals surface area contributed by atoms with Crippen LogP contribution in [0.2, 0.25) is 0 Å². The van der Waals surface area contributed by atoms with E-state index in [9.17, 15) is 15.2 Å². The molecule has 0 fully saturated rings. The van der Waals surface area contributed by atoms with E-state index in [4.69, 9.17) is 15.2 Å².